The van der Waals surface area contributed by atoms with Crippen molar-refractivity contribution >= 4 is 5.91 Å². The molecule has 0 radical (unpaired) electrons. The second-order valence-corrected chi connectivity index (χ2v) is 8.43. The van der Waals surface area contributed by atoms with Crippen molar-refractivity contribution < 1.29 is 9.53 Å². The van der Waals surface area contributed by atoms with Gasteiger partial charge in [-0.2, -0.15) is 5.10 Å². The molecule has 0 saturated carbocycles. The van der Waals surface area contributed by atoms with E-state index in [0.29, 0.717) is 26.1 Å². The summed E-state index contributed by atoms with van der Waals surface area (Å²) in [5.41, 5.74) is 2.95. The lowest BCUT2D eigenvalue weighted by Crippen LogP contribution is -2.42. The van der Waals surface area contributed by atoms with Crippen LogP contribution >= 0.6 is 0 Å². The Morgan fingerprint density at radius 1 is 1.10 bits per heavy atom. The van der Waals surface area contributed by atoms with Gasteiger partial charge in [-0.05, 0) is 45.0 Å². The number of hydrogen-bond donors (Lipinski definition) is 0. The number of morpholine rings is 1. The summed E-state index contributed by atoms with van der Waals surface area (Å²) in [6, 6.07) is 4.05. The van der Waals surface area contributed by atoms with Crippen molar-refractivity contribution in [3.05, 3.63) is 36.4 Å². The van der Waals surface area contributed by atoms with Crippen molar-refractivity contribution in [3.63, 3.8) is 0 Å². The molecular weight excluding hydrogens is 378 g/mol. The summed E-state index contributed by atoms with van der Waals surface area (Å²) in [6.45, 7) is 5.24. The van der Waals surface area contributed by atoms with Crippen molar-refractivity contribution in [1.82, 2.24) is 24.6 Å². The van der Waals surface area contributed by atoms with Crippen LogP contribution in [0.3, 0.4) is 0 Å². The summed E-state index contributed by atoms with van der Waals surface area (Å²) in [7, 11) is 1.90. The minimum Gasteiger partial charge on any atom is -0.368 e. The van der Waals surface area contributed by atoms with Gasteiger partial charge in [0.2, 0.25) is 5.91 Å². The molecule has 162 valence electrons. The van der Waals surface area contributed by atoms with Gasteiger partial charge in [0.15, 0.2) is 0 Å². The van der Waals surface area contributed by atoms with E-state index in [1.807, 2.05) is 42.7 Å². The van der Waals surface area contributed by atoms with Crippen molar-refractivity contribution in [3.8, 4) is 11.1 Å². The number of carbonyl (C=O) groups excluding carboxylic acids is 1. The lowest BCUT2D eigenvalue weighted by molar-refractivity contribution is -0.139. The maximum Gasteiger partial charge on any atom is 0.222 e. The van der Waals surface area contributed by atoms with Crippen molar-refractivity contribution in [2.24, 2.45) is 7.05 Å². The lowest BCUT2D eigenvalue weighted by Gasteiger charge is -2.33. The van der Waals surface area contributed by atoms with Gasteiger partial charge in [-0.15, -0.1) is 0 Å². The Kier molecular flexibility index (Phi) is 7.12. The number of pyridine rings is 1. The standard InChI is InChI=1S/C23H33N5O2/c1-26-17-20(16-25-26)19-8-9-21(24-15-19)22-18-28(13-14-30-22)23(29)7-6-12-27-10-4-2-3-5-11-27/h8-9,15-17,22H,2-7,10-14,18H2,1H3/t22-/m0/s1. The minimum absolute atomic E-state index is 0.156. The van der Waals surface area contributed by atoms with E-state index >= 15 is 0 Å². The molecule has 4 heterocycles. The van der Waals surface area contributed by atoms with E-state index in [-0.39, 0.29) is 12.0 Å². The first-order valence-electron chi connectivity index (χ1n) is 11.3. The predicted molar refractivity (Wildman–Crippen MR) is 116 cm³/mol. The summed E-state index contributed by atoms with van der Waals surface area (Å²) < 4.78 is 7.71. The number of likely N-dealkylation sites (tertiary alicyclic amines) is 1. The maximum absolute atomic E-state index is 12.7. The molecule has 7 heteroatoms. The fraction of sp³-hybridized carbons (Fsp3) is 0.609. The Bertz CT molecular complexity index is 811. The molecule has 0 spiro atoms. The predicted octanol–water partition coefficient (Wildman–Crippen LogP) is 3.04. The Balaban J connectivity index is 1.27. The molecule has 0 unspecified atom stereocenters. The van der Waals surface area contributed by atoms with Crippen LogP contribution in [0.4, 0.5) is 0 Å². The Labute approximate surface area is 179 Å². The molecule has 2 aromatic heterocycles. The molecule has 2 aliphatic heterocycles. The SMILES string of the molecule is Cn1cc(-c2ccc([C@@H]3CN(C(=O)CCCN4CCCCCC4)CCO3)nc2)cn1. The van der Waals surface area contributed by atoms with E-state index in [1.54, 1.807) is 4.68 Å². The first-order valence-corrected chi connectivity index (χ1v) is 11.3. The maximum atomic E-state index is 12.7. The van der Waals surface area contributed by atoms with E-state index in [0.717, 1.165) is 29.8 Å². The van der Waals surface area contributed by atoms with Crippen LogP contribution in [0.25, 0.3) is 11.1 Å². The van der Waals surface area contributed by atoms with Crippen LogP contribution in [0, 0.1) is 0 Å². The van der Waals surface area contributed by atoms with Gasteiger partial charge < -0.3 is 14.5 Å². The molecule has 2 aliphatic rings. The van der Waals surface area contributed by atoms with E-state index in [4.69, 9.17) is 4.74 Å². The number of carbonyl (C=O) groups is 1. The molecule has 2 saturated heterocycles. The van der Waals surface area contributed by atoms with Gasteiger partial charge in [0.05, 0.1) is 25.0 Å². The number of ether oxygens (including phenoxy) is 1. The van der Waals surface area contributed by atoms with Crippen LogP contribution in [0.5, 0.6) is 0 Å². The minimum atomic E-state index is -0.156. The zero-order valence-corrected chi connectivity index (χ0v) is 18.0. The Hall–Kier alpha value is -2.25. The highest BCUT2D eigenvalue weighted by molar-refractivity contribution is 5.76. The summed E-state index contributed by atoms with van der Waals surface area (Å²) in [6.07, 6.45) is 12.4. The van der Waals surface area contributed by atoms with Gasteiger partial charge in [0.1, 0.15) is 6.10 Å². The second kappa shape index (κ2) is 10.2. The van der Waals surface area contributed by atoms with Crippen molar-refractivity contribution in [2.75, 3.05) is 39.3 Å². The van der Waals surface area contributed by atoms with Crippen LogP contribution in [-0.2, 0) is 16.6 Å². The summed E-state index contributed by atoms with van der Waals surface area (Å²) in [5, 5.41) is 4.21. The molecular formula is C23H33N5O2. The molecule has 7 nitrogen and oxygen atoms in total. The molecule has 2 fully saturated rings. The average molecular weight is 412 g/mol. The molecule has 0 aromatic carbocycles. The number of aromatic nitrogens is 3. The highest BCUT2D eigenvalue weighted by Crippen LogP contribution is 2.24. The first kappa shape index (κ1) is 21.0. The quantitative estimate of drug-likeness (QED) is 0.731. The number of amides is 1. The fourth-order valence-corrected chi connectivity index (χ4v) is 4.36. The largest absolute Gasteiger partial charge is 0.368 e. The number of hydrogen-bond acceptors (Lipinski definition) is 5. The van der Waals surface area contributed by atoms with Crippen molar-refractivity contribution in [2.45, 2.75) is 44.6 Å². The van der Waals surface area contributed by atoms with Crippen LogP contribution in [0.1, 0.15) is 50.3 Å². The molecule has 1 amide bonds. The third-order valence-electron chi connectivity index (χ3n) is 6.14. The van der Waals surface area contributed by atoms with E-state index < -0.39 is 0 Å². The van der Waals surface area contributed by atoms with Crippen molar-refractivity contribution in [1.29, 1.82) is 0 Å². The molecule has 1 atom stereocenters. The number of rotatable bonds is 6. The smallest absolute Gasteiger partial charge is 0.222 e. The monoisotopic (exact) mass is 411 g/mol. The molecule has 0 N–H and O–H groups in total. The third kappa shape index (κ3) is 5.46. The zero-order valence-electron chi connectivity index (χ0n) is 18.0. The highest BCUT2D eigenvalue weighted by atomic mass is 16.5. The average Bonchev–Trinajstić information content (AvgIpc) is 3.05. The Morgan fingerprint density at radius 2 is 1.93 bits per heavy atom. The Morgan fingerprint density at radius 3 is 2.63 bits per heavy atom. The lowest BCUT2D eigenvalue weighted by atomic mass is 10.1. The van der Waals surface area contributed by atoms with Crippen LogP contribution in [0.2, 0.25) is 0 Å². The molecule has 0 bridgehead atoms. The summed E-state index contributed by atoms with van der Waals surface area (Å²) in [5.74, 6) is 0.241. The molecule has 2 aromatic rings. The normalized spacial score (nSPS) is 20.8. The van der Waals surface area contributed by atoms with Gasteiger partial charge in [-0.3, -0.25) is 14.5 Å². The summed E-state index contributed by atoms with van der Waals surface area (Å²) in [4.78, 5) is 21.8. The first-order chi connectivity index (χ1) is 14.7. The molecule has 0 aliphatic carbocycles. The fourth-order valence-electron chi connectivity index (χ4n) is 4.36. The molecule has 4 rings (SSSR count). The second-order valence-electron chi connectivity index (χ2n) is 8.43. The van der Waals surface area contributed by atoms with Gasteiger partial charge in [0, 0.05) is 43.5 Å². The van der Waals surface area contributed by atoms with Gasteiger partial charge in [0.25, 0.3) is 0 Å². The van der Waals surface area contributed by atoms with Crippen LogP contribution < -0.4 is 0 Å². The topological polar surface area (TPSA) is 63.5 Å². The number of nitrogens with zero attached hydrogens (tertiary/aromatic N) is 5. The van der Waals surface area contributed by atoms with Crippen LogP contribution in [0.15, 0.2) is 30.7 Å². The highest BCUT2D eigenvalue weighted by Gasteiger charge is 2.26. The van der Waals surface area contributed by atoms with Gasteiger partial charge in [-0.1, -0.05) is 18.9 Å². The zero-order chi connectivity index (χ0) is 20.8. The summed E-state index contributed by atoms with van der Waals surface area (Å²) >= 11 is 0. The van der Waals surface area contributed by atoms with Crippen LogP contribution in [-0.4, -0.2) is 69.8 Å². The molecule has 30 heavy (non-hydrogen) atoms. The third-order valence-corrected chi connectivity index (χ3v) is 6.14. The van der Waals surface area contributed by atoms with E-state index in [2.05, 4.69) is 15.0 Å². The van der Waals surface area contributed by atoms with E-state index in [1.165, 1.54) is 38.8 Å². The van der Waals surface area contributed by atoms with Gasteiger partial charge >= 0.3 is 0 Å². The van der Waals surface area contributed by atoms with E-state index in [9.17, 15) is 4.79 Å². The number of aryl methyl sites for hydroxylation is 1. The van der Waals surface area contributed by atoms with Gasteiger partial charge in [-0.25, -0.2) is 0 Å².